The van der Waals surface area contributed by atoms with Crippen molar-refractivity contribution in [2.24, 2.45) is 5.16 Å². The molecule has 110 valence electrons. The van der Waals surface area contributed by atoms with Crippen LogP contribution in [0.25, 0.3) is 0 Å². The number of rotatable bonds is 7. The molecule has 5 heteroatoms. The van der Waals surface area contributed by atoms with Crippen molar-refractivity contribution < 1.29 is 14.7 Å². The predicted octanol–water partition coefficient (Wildman–Crippen LogP) is 2.33. The standard InChI is InChI=1S/C15H22N2O3/c1-12(16-19)4-5-13-6-8-14(9-7-13)20-11-10-15(18)17(2)3/h6-9,19H,4-5,10-11H2,1-3H3/b16-12+. The number of carbonyl (C=O) groups is 1. The Kier molecular flexibility index (Phi) is 6.56. The lowest BCUT2D eigenvalue weighted by Crippen LogP contribution is -2.23. The molecule has 0 aliphatic heterocycles. The summed E-state index contributed by atoms with van der Waals surface area (Å²) >= 11 is 0. The molecule has 0 spiro atoms. The zero-order valence-electron chi connectivity index (χ0n) is 12.3. The fraction of sp³-hybridized carbons (Fsp3) is 0.467. The van der Waals surface area contributed by atoms with Gasteiger partial charge in [0.2, 0.25) is 5.91 Å². The van der Waals surface area contributed by atoms with Crippen molar-refractivity contribution in [2.75, 3.05) is 20.7 Å². The van der Waals surface area contributed by atoms with Crippen molar-refractivity contribution in [3.8, 4) is 5.75 Å². The van der Waals surface area contributed by atoms with Crippen LogP contribution >= 0.6 is 0 Å². The zero-order valence-corrected chi connectivity index (χ0v) is 12.3. The third kappa shape index (κ3) is 5.73. The van der Waals surface area contributed by atoms with E-state index >= 15 is 0 Å². The minimum absolute atomic E-state index is 0.0559. The first-order chi connectivity index (χ1) is 9.52. The largest absolute Gasteiger partial charge is 0.493 e. The number of nitrogens with zero attached hydrogens (tertiary/aromatic N) is 2. The van der Waals surface area contributed by atoms with Crippen LogP contribution in [0, 0.1) is 0 Å². The monoisotopic (exact) mass is 278 g/mol. The van der Waals surface area contributed by atoms with E-state index in [1.165, 1.54) is 0 Å². The minimum atomic E-state index is 0.0559. The van der Waals surface area contributed by atoms with E-state index in [4.69, 9.17) is 9.94 Å². The van der Waals surface area contributed by atoms with Gasteiger partial charge in [0, 0.05) is 14.1 Å². The van der Waals surface area contributed by atoms with Crippen LogP contribution < -0.4 is 4.74 Å². The summed E-state index contributed by atoms with van der Waals surface area (Å²) < 4.78 is 5.52. The zero-order chi connectivity index (χ0) is 15.0. The van der Waals surface area contributed by atoms with Gasteiger partial charge < -0.3 is 14.8 Å². The van der Waals surface area contributed by atoms with Gasteiger partial charge in [-0.3, -0.25) is 4.79 Å². The van der Waals surface area contributed by atoms with Crippen molar-refractivity contribution >= 4 is 11.6 Å². The van der Waals surface area contributed by atoms with Gasteiger partial charge in [-0.15, -0.1) is 0 Å². The molecule has 0 atom stereocenters. The maximum Gasteiger partial charge on any atom is 0.225 e. The molecule has 5 nitrogen and oxygen atoms in total. The summed E-state index contributed by atoms with van der Waals surface area (Å²) in [4.78, 5) is 12.9. The Hall–Kier alpha value is -2.04. The van der Waals surface area contributed by atoms with Crippen LogP contribution in [0.4, 0.5) is 0 Å². The topological polar surface area (TPSA) is 62.1 Å². The van der Waals surface area contributed by atoms with Crippen LogP contribution in [-0.2, 0) is 11.2 Å². The number of hydrogen-bond acceptors (Lipinski definition) is 4. The van der Waals surface area contributed by atoms with Gasteiger partial charge in [0.1, 0.15) is 5.75 Å². The lowest BCUT2D eigenvalue weighted by molar-refractivity contribution is -0.129. The average molecular weight is 278 g/mol. The maximum atomic E-state index is 11.4. The summed E-state index contributed by atoms with van der Waals surface area (Å²) in [6, 6.07) is 7.74. The molecular formula is C15H22N2O3. The highest BCUT2D eigenvalue weighted by Crippen LogP contribution is 2.14. The highest BCUT2D eigenvalue weighted by Gasteiger charge is 2.04. The molecule has 1 aromatic rings. The second-order valence-electron chi connectivity index (χ2n) is 4.87. The second-order valence-corrected chi connectivity index (χ2v) is 4.87. The Balaban J connectivity index is 2.37. The Morgan fingerprint density at radius 2 is 1.90 bits per heavy atom. The van der Waals surface area contributed by atoms with E-state index in [0.717, 1.165) is 24.2 Å². The normalized spacial score (nSPS) is 11.2. The molecular weight excluding hydrogens is 256 g/mol. The van der Waals surface area contributed by atoms with Gasteiger partial charge in [-0.1, -0.05) is 17.3 Å². The first kappa shape index (κ1) is 16.0. The van der Waals surface area contributed by atoms with E-state index in [0.29, 0.717) is 18.7 Å². The van der Waals surface area contributed by atoms with E-state index in [-0.39, 0.29) is 5.91 Å². The minimum Gasteiger partial charge on any atom is -0.493 e. The SMILES string of the molecule is C/C(CCc1ccc(OCCC(=O)N(C)C)cc1)=N\O. The van der Waals surface area contributed by atoms with E-state index in [1.54, 1.807) is 25.9 Å². The molecule has 1 amide bonds. The molecule has 0 saturated heterocycles. The molecule has 0 radical (unpaired) electrons. The van der Waals surface area contributed by atoms with Gasteiger partial charge in [-0.2, -0.15) is 0 Å². The maximum absolute atomic E-state index is 11.4. The molecule has 20 heavy (non-hydrogen) atoms. The van der Waals surface area contributed by atoms with Gasteiger partial charge in [-0.25, -0.2) is 0 Å². The van der Waals surface area contributed by atoms with E-state index in [2.05, 4.69) is 5.16 Å². The van der Waals surface area contributed by atoms with Gasteiger partial charge in [0.15, 0.2) is 0 Å². The number of ether oxygens (including phenoxy) is 1. The highest BCUT2D eigenvalue weighted by molar-refractivity contribution is 5.81. The van der Waals surface area contributed by atoms with Gasteiger partial charge in [0.05, 0.1) is 18.7 Å². The second kappa shape index (κ2) is 8.19. The molecule has 0 unspecified atom stereocenters. The van der Waals surface area contributed by atoms with Crippen molar-refractivity contribution in [1.82, 2.24) is 4.90 Å². The molecule has 0 aromatic heterocycles. The fourth-order valence-corrected chi connectivity index (χ4v) is 1.61. The molecule has 1 N–H and O–H groups in total. The first-order valence-corrected chi connectivity index (χ1v) is 6.62. The lowest BCUT2D eigenvalue weighted by atomic mass is 10.1. The highest BCUT2D eigenvalue weighted by atomic mass is 16.5. The summed E-state index contributed by atoms with van der Waals surface area (Å²) in [5.41, 5.74) is 1.87. The Labute approximate surface area is 119 Å². The van der Waals surface area contributed by atoms with Crippen LogP contribution in [0.3, 0.4) is 0 Å². The summed E-state index contributed by atoms with van der Waals surface area (Å²) in [5, 5.41) is 11.7. The number of amides is 1. The Morgan fingerprint density at radius 1 is 1.25 bits per heavy atom. The summed E-state index contributed by atoms with van der Waals surface area (Å²) in [6.07, 6.45) is 1.93. The van der Waals surface area contributed by atoms with Crippen molar-refractivity contribution in [3.05, 3.63) is 29.8 Å². The molecule has 0 aliphatic rings. The van der Waals surface area contributed by atoms with Gasteiger partial charge in [0.25, 0.3) is 0 Å². The van der Waals surface area contributed by atoms with Crippen LogP contribution in [0.1, 0.15) is 25.3 Å². The summed E-state index contributed by atoms with van der Waals surface area (Å²) in [5.74, 6) is 0.813. The fourth-order valence-electron chi connectivity index (χ4n) is 1.61. The number of aryl methyl sites for hydroxylation is 1. The quantitative estimate of drug-likeness (QED) is 0.473. The average Bonchev–Trinajstić information content (AvgIpc) is 2.45. The summed E-state index contributed by atoms with van der Waals surface area (Å²) in [7, 11) is 3.46. The van der Waals surface area contributed by atoms with Gasteiger partial charge >= 0.3 is 0 Å². The third-order valence-electron chi connectivity index (χ3n) is 2.95. The van der Waals surface area contributed by atoms with Crippen LogP contribution in [0.15, 0.2) is 29.4 Å². The number of carbonyl (C=O) groups excluding carboxylic acids is 1. The molecule has 0 heterocycles. The van der Waals surface area contributed by atoms with Crippen molar-refractivity contribution in [1.29, 1.82) is 0 Å². The third-order valence-corrected chi connectivity index (χ3v) is 2.95. The molecule has 0 saturated carbocycles. The Bertz CT molecular complexity index is 453. The van der Waals surface area contributed by atoms with Gasteiger partial charge in [-0.05, 0) is 37.5 Å². The molecule has 0 fully saturated rings. The van der Waals surface area contributed by atoms with Crippen LogP contribution in [-0.4, -0.2) is 42.4 Å². The smallest absolute Gasteiger partial charge is 0.225 e. The predicted molar refractivity (Wildman–Crippen MR) is 78.5 cm³/mol. The number of benzene rings is 1. The molecule has 0 aliphatic carbocycles. The van der Waals surface area contributed by atoms with E-state index in [1.807, 2.05) is 24.3 Å². The van der Waals surface area contributed by atoms with Crippen molar-refractivity contribution in [3.63, 3.8) is 0 Å². The molecule has 0 bridgehead atoms. The van der Waals surface area contributed by atoms with Crippen molar-refractivity contribution in [2.45, 2.75) is 26.2 Å². The summed E-state index contributed by atoms with van der Waals surface area (Å²) in [6.45, 7) is 2.17. The van der Waals surface area contributed by atoms with E-state index < -0.39 is 0 Å². The molecule has 1 aromatic carbocycles. The number of hydrogen-bond donors (Lipinski definition) is 1. The van der Waals surface area contributed by atoms with E-state index in [9.17, 15) is 4.79 Å². The number of oxime groups is 1. The van der Waals surface area contributed by atoms with Crippen LogP contribution in [0.2, 0.25) is 0 Å². The van der Waals surface area contributed by atoms with Crippen LogP contribution in [0.5, 0.6) is 5.75 Å². The molecule has 1 rings (SSSR count). The Morgan fingerprint density at radius 3 is 2.45 bits per heavy atom. The lowest BCUT2D eigenvalue weighted by Gasteiger charge is -2.11. The first-order valence-electron chi connectivity index (χ1n) is 6.62.